The lowest BCUT2D eigenvalue weighted by molar-refractivity contribution is 0.185. The predicted octanol–water partition coefficient (Wildman–Crippen LogP) is 2.98. The van der Waals surface area contributed by atoms with E-state index in [1.165, 1.54) is 5.56 Å². The van der Waals surface area contributed by atoms with Crippen LogP contribution in [0.1, 0.15) is 29.5 Å². The molecule has 32 heavy (non-hydrogen) atoms. The lowest BCUT2D eigenvalue weighted by Crippen LogP contribution is -2.40. The number of halogens is 1. The molecule has 2 heterocycles. The van der Waals surface area contributed by atoms with Gasteiger partial charge in [-0.15, -0.1) is 12.4 Å². The van der Waals surface area contributed by atoms with Gasteiger partial charge in [-0.25, -0.2) is 12.7 Å². The standard InChI is InChI=1S/C23H30N4O3S.ClH/c24-23(25)26-11-10-20-6-7-22(14-21(20)15-26)30-16-18-8-12-27(13-9-18)31(28,29)17-19-4-2-1-3-5-19;/h1-7,14,18H,8-13,15-17H2,(H3,24,25);1H. The highest BCUT2D eigenvalue weighted by Crippen LogP contribution is 2.26. The summed E-state index contributed by atoms with van der Waals surface area (Å²) < 4.78 is 33.1. The zero-order chi connectivity index (χ0) is 21.8. The Labute approximate surface area is 196 Å². The number of guanidine groups is 1. The van der Waals surface area contributed by atoms with Crippen molar-refractivity contribution < 1.29 is 13.2 Å². The Hall–Kier alpha value is -2.29. The predicted molar refractivity (Wildman–Crippen MR) is 129 cm³/mol. The van der Waals surface area contributed by atoms with Gasteiger partial charge in [0.05, 0.1) is 12.4 Å². The van der Waals surface area contributed by atoms with E-state index in [4.69, 9.17) is 15.9 Å². The summed E-state index contributed by atoms with van der Waals surface area (Å²) in [5, 5.41) is 7.65. The van der Waals surface area contributed by atoms with Gasteiger partial charge in [-0.2, -0.15) is 0 Å². The summed E-state index contributed by atoms with van der Waals surface area (Å²) in [5.74, 6) is 1.32. The van der Waals surface area contributed by atoms with Gasteiger partial charge in [-0.05, 0) is 54.0 Å². The zero-order valence-electron chi connectivity index (χ0n) is 18.1. The Kier molecular flexibility index (Phi) is 8.03. The molecular weight excluding hydrogens is 448 g/mol. The first kappa shape index (κ1) is 24.4. The largest absolute Gasteiger partial charge is 0.493 e. The molecule has 7 nitrogen and oxygen atoms in total. The van der Waals surface area contributed by atoms with Gasteiger partial charge in [0.2, 0.25) is 10.0 Å². The van der Waals surface area contributed by atoms with Gasteiger partial charge in [0.25, 0.3) is 0 Å². The molecule has 1 saturated heterocycles. The van der Waals surface area contributed by atoms with Crippen molar-refractivity contribution >= 4 is 28.4 Å². The maximum absolute atomic E-state index is 12.7. The zero-order valence-corrected chi connectivity index (χ0v) is 19.7. The average molecular weight is 479 g/mol. The van der Waals surface area contributed by atoms with Crippen molar-refractivity contribution in [3.63, 3.8) is 0 Å². The minimum Gasteiger partial charge on any atom is -0.493 e. The number of hydrogen-bond acceptors (Lipinski definition) is 4. The van der Waals surface area contributed by atoms with Crippen LogP contribution >= 0.6 is 12.4 Å². The highest BCUT2D eigenvalue weighted by molar-refractivity contribution is 7.88. The van der Waals surface area contributed by atoms with Crippen molar-refractivity contribution in [3.8, 4) is 5.75 Å². The molecule has 0 spiro atoms. The van der Waals surface area contributed by atoms with E-state index >= 15 is 0 Å². The Morgan fingerprint density at radius 1 is 1.06 bits per heavy atom. The molecular formula is C23H31ClN4O3S. The van der Waals surface area contributed by atoms with Crippen LogP contribution in [-0.4, -0.2) is 49.8 Å². The van der Waals surface area contributed by atoms with Gasteiger partial charge in [0.1, 0.15) is 5.75 Å². The monoisotopic (exact) mass is 478 g/mol. The minimum atomic E-state index is -3.29. The molecule has 0 amide bonds. The second kappa shape index (κ2) is 10.6. The first-order valence-corrected chi connectivity index (χ1v) is 12.4. The van der Waals surface area contributed by atoms with Crippen LogP contribution in [0.15, 0.2) is 48.5 Å². The average Bonchev–Trinajstić information content (AvgIpc) is 2.78. The molecule has 174 valence electrons. The van der Waals surface area contributed by atoms with Crippen LogP contribution in [-0.2, 0) is 28.7 Å². The maximum atomic E-state index is 12.7. The molecule has 4 rings (SSSR count). The van der Waals surface area contributed by atoms with Crippen molar-refractivity contribution in [1.29, 1.82) is 5.41 Å². The molecule has 0 atom stereocenters. The van der Waals surface area contributed by atoms with Crippen molar-refractivity contribution in [2.45, 2.75) is 31.6 Å². The van der Waals surface area contributed by atoms with Gasteiger partial charge in [-0.1, -0.05) is 36.4 Å². The lowest BCUT2D eigenvalue weighted by atomic mass is 9.98. The summed E-state index contributed by atoms with van der Waals surface area (Å²) in [6.07, 6.45) is 2.49. The molecule has 2 aliphatic heterocycles. The van der Waals surface area contributed by atoms with E-state index in [9.17, 15) is 8.42 Å². The molecule has 0 aromatic heterocycles. The maximum Gasteiger partial charge on any atom is 0.218 e. The number of nitrogens with zero attached hydrogens (tertiary/aromatic N) is 2. The second-order valence-corrected chi connectivity index (χ2v) is 10.4. The number of hydrogen-bond donors (Lipinski definition) is 2. The Balaban J connectivity index is 0.00000289. The number of fused-ring (bicyclic) bond motifs is 1. The van der Waals surface area contributed by atoms with Crippen molar-refractivity contribution in [2.24, 2.45) is 11.7 Å². The van der Waals surface area contributed by atoms with Crippen molar-refractivity contribution in [3.05, 3.63) is 65.2 Å². The van der Waals surface area contributed by atoms with Crippen LogP contribution in [0.5, 0.6) is 5.75 Å². The lowest BCUT2D eigenvalue weighted by Gasteiger charge is -2.31. The fourth-order valence-electron chi connectivity index (χ4n) is 4.27. The molecule has 0 bridgehead atoms. The highest BCUT2D eigenvalue weighted by atomic mass is 35.5. The number of sulfonamides is 1. The second-order valence-electron chi connectivity index (χ2n) is 8.38. The molecule has 1 fully saturated rings. The molecule has 3 N–H and O–H groups in total. The summed E-state index contributed by atoms with van der Waals surface area (Å²) in [6, 6.07) is 15.5. The summed E-state index contributed by atoms with van der Waals surface area (Å²) in [7, 11) is -3.29. The summed E-state index contributed by atoms with van der Waals surface area (Å²) in [6.45, 7) is 3.08. The van der Waals surface area contributed by atoms with E-state index in [2.05, 4.69) is 6.07 Å². The molecule has 0 aliphatic carbocycles. The molecule has 9 heteroatoms. The number of nitrogens with one attached hydrogen (secondary N) is 1. The third-order valence-electron chi connectivity index (χ3n) is 6.18. The molecule has 2 aliphatic rings. The third kappa shape index (κ3) is 5.94. The van der Waals surface area contributed by atoms with Crippen LogP contribution in [0.3, 0.4) is 0 Å². The summed E-state index contributed by atoms with van der Waals surface area (Å²) in [5.41, 5.74) is 8.89. The van der Waals surface area contributed by atoms with Crippen LogP contribution in [0, 0.1) is 11.3 Å². The number of rotatable bonds is 6. The van der Waals surface area contributed by atoms with Crippen LogP contribution in [0.2, 0.25) is 0 Å². The van der Waals surface area contributed by atoms with E-state index < -0.39 is 10.0 Å². The number of nitrogens with two attached hydrogens (primary N) is 1. The van der Waals surface area contributed by atoms with Crippen molar-refractivity contribution in [2.75, 3.05) is 26.2 Å². The van der Waals surface area contributed by atoms with Crippen LogP contribution < -0.4 is 10.5 Å². The topological polar surface area (TPSA) is 99.7 Å². The first-order valence-electron chi connectivity index (χ1n) is 10.8. The molecule has 2 aromatic carbocycles. The summed E-state index contributed by atoms with van der Waals surface area (Å²) >= 11 is 0. The molecule has 2 aromatic rings. The van der Waals surface area contributed by atoms with E-state index in [1.54, 1.807) is 4.31 Å². The minimum absolute atomic E-state index is 0. The number of ether oxygens (including phenoxy) is 1. The van der Waals surface area contributed by atoms with Gasteiger partial charge in [-0.3, -0.25) is 5.41 Å². The van der Waals surface area contributed by atoms with E-state index in [-0.39, 0.29) is 24.1 Å². The Morgan fingerprint density at radius 2 is 1.78 bits per heavy atom. The van der Waals surface area contributed by atoms with Crippen molar-refractivity contribution in [1.82, 2.24) is 9.21 Å². The van der Waals surface area contributed by atoms with E-state index in [0.717, 1.165) is 42.7 Å². The number of piperidine rings is 1. The Morgan fingerprint density at radius 3 is 2.47 bits per heavy atom. The van der Waals surface area contributed by atoms with Gasteiger partial charge < -0.3 is 15.4 Å². The number of benzene rings is 2. The third-order valence-corrected chi connectivity index (χ3v) is 8.03. The molecule has 0 radical (unpaired) electrons. The van der Waals surface area contributed by atoms with Gasteiger partial charge >= 0.3 is 0 Å². The molecule has 0 unspecified atom stereocenters. The normalized spacial score (nSPS) is 17.3. The van der Waals surface area contributed by atoms with E-state index in [0.29, 0.717) is 32.2 Å². The fourth-order valence-corrected chi connectivity index (χ4v) is 5.84. The summed E-state index contributed by atoms with van der Waals surface area (Å²) in [4.78, 5) is 1.86. The SMILES string of the molecule is Cl.N=C(N)N1CCc2ccc(OCC3CCN(S(=O)(=O)Cc4ccccc4)CC3)cc2C1. The van der Waals surface area contributed by atoms with Crippen LogP contribution in [0.4, 0.5) is 0 Å². The van der Waals surface area contributed by atoms with Gasteiger partial charge in [0, 0.05) is 26.2 Å². The fraction of sp³-hybridized carbons (Fsp3) is 0.435. The van der Waals surface area contributed by atoms with Crippen LogP contribution in [0.25, 0.3) is 0 Å². The smallest absolute Gasteiger partial charge is 0.218 e. The first-order chi connectivity index (χ1) is 14.9. The molecule has 0 saturated carbocycles. The Bertz CT molecular complexity index is 1020. The quantitative estimate of drug-likeness (QED) is 0.491. The van der Waals surface area contributed by atoms with Gasteiger partial charge in [0.15, 0.2) is 5.96 Å². The highest BCUT2D eigenvalue weighted by Gasteiger charge is 2.28. The van der Waals surface area contributed by atoms with E-state index in [1.807, 2.05) is 47.4 Å².